The smallest absolute Gasteiger partial charge is 0.273 e. The number of amides is 1. The molecule has 3 nitrogen and oxygen atoms in total. The standard InChI is InChI=1S/C13H16BrClN2O/c14-11-6-2-8-16-12(11)13(18)17-9-3-5-10(17)4-1-7-15/h2,6,8,10H,1,3-5,7,9H2. The second-order valence-electron chi connectivity index (χ2n) is 4.46. The van der Waals surface area contributed by atoms with Gasteiger partial charge in [0.05, 0.1) is 0 Å². The molecule has 1 aromatic heterocycles. The zero-order valence-electron chi connectivity index (χ0n) is 10.1. The average Bonchev–Trinajstić information content (AvgIpc) is 2.84. The van der Waals surface area contributed by atoms with Crippen molar-refractivity contribution < 1.29 is 4.79 Å². The van der Waals surface area contributed by atoms with Gasteiger partial charge in [-0.25, -0.2) is 4.98 Å². The highest BCUT2D eigenvalue weighted by atomic mass is 79.9. The lowest BCUT2D eigenvalue weighted by Crippen LogP contribution is -2.36. The van der Waals surface area contributed by atoms with Crippen LogP contribution in [0.25, 0.3) is 0 Å². The molecule has 1 unspecified atom stereocenters. The molecule has 0 spiro atoms. The van der Waals surface area contributed by atoms with Crippen molar-refractivity contribution in [1.29, 1.82) is 0 Å². The van der Waals surface area contributed by atoms with Crippen molar-refractivity contribution in [2.24, 2.45) is 0 Å². The van der Waals surface area contributed by atoms with E-state index in [0.29, 0.717) is 17.6 Å². The fourth-order valence-corrected chi connectivity index (χ4v) is 2.97. The summed E-state index contributed by atoms with van der Waals surface area (Å²) in [4.78, 5) is 18.6. The van der Waals surface area contributed by atoms with Crippen LogP contribution in [-0.2, 0) is 0 Å². The van der Waals surface area contributed by atoms with Crippen molar-refractivity contribution >= 4 is 33.4 Å². The molecular formula is C13H16BrClN2O. The highest BCUT2D eigenvalue weighted by molar-refractivity contribution is 9.10. The molecule has 2 rings (SSSR count). The van der Waals surface area contributed by atoms with Crippen molar-refractivity contribution in [2.45, 2.75) is 31.7 Å². The lowest BCUT2D eigenvalue weighted by Gasteiger charge is -2.24. The largest absolute Gasteiger partial charge is 0.334 e. The van der Waals surface area contributed by atoms with Gasteiger partial charge in [0.15, 0.2) is 0 Å². The van der Waals surface area contributed by atoms with E-state index in [4.69, 9.17) is 11.6 Å². The highest BCUT2D eigenvalue weighted by Crippen LogP contribution is 2.25. The summed E-state index contributed by atoms with van der Waals surface area (Å²) >= 11 is 9.11. The maximum Gasteiger partial charge on any atom is 0.273 e. The SMILES string of the molecule is O=C(c1ncccc1Br)N1CCCC1CCCCl. The minimum atomic E-state index is 0.0274. The highest BCUT2D eigenvalue weighted by Gasteiger charge is 2.30. The first kappa shape index (κ1) is 13.8. The summed E-state index contributed by atoms with van der Waals surface area (Å²) in [5.41, 5.74) is 0.510. The zero-order chi connectivity index (χ0) is 13.0. The van der Waals surface area contributed by atoms with Crippen molar-refractivity contribution in [1.82, 2.24) is 9.88 Å². The molecule has 0 saturated carbocycles. The first-order valence-corrected chi connectivity index (χ1v) is 7.54. The molecule has 0 bridgehead atoms. The van der Waals surface area contributed by atoms with Gasteiger partial charge in [-0.3, -0.25) is 4.79 Å². The van der Waals surface area contributed by atoms with E-state index in [1.54, 1.807) is 6.20 Å². The summed E-state index contributed by atoms with van der Waals surface area (Å²) in [7, 11) is 0. The molecule has 1 atom stereocenters. The first-order valence-electron chi connectivity index (χ1n) is 6.21. The number of likely N-dealkylation sites (tertiary alicyclic amines) is 1. The Balaban J connectivity index is 2.10. The molecule has 1 saturated heterocycles. The second-order valence-corrected chi connectivity index (χ2v) is 5.69. The van der Waals surface area contributed by atoms with Crippen LogP contribution in [-0.4, -0.2) is 34.3 Å². The van der Waals surface area contributed by atoms with Crippen LogP contribution >= 0.6 is 27.5 Å². The Kier molecular flexibility index (Phi) is 5.01. The van der Waals surface area contributed by atoms with Crippen LogP contribution in [0.3, 0.4) is 0 Å². The predicted octanol–water partition coefficient (Wildman–Crippen LogP) is 3.47. The van der Waals surface area contributed by atoms with E-state index in [1.165, 1.54) is 0 Å². The van der Waals surface area contributed by atoms with Gasteiger partial charge in [0.2, 0.25) is 0 Å². The Labute approximate surface area is 121 Å². The Morgan fingerprint density at radius 1 is 1.61 bits per heavy atom. The number of hydrogen-bond donors (Lipinski definition) is 0. The van der Waals surface area contributed by atoms with Crippen LogP contribution in [0.15, 0.2) is 22.8 Å². The number of rotatable bonds is 4. The van der Waals surface area contributed by atoms with Gasteiger partial charge in [-0.2, -0.15) is 0 Å². The lowest BCUT2D eigenvalue weighted by atomic mass is 10.1. The van der Waals surface area contributed by atoms with Crippen molar-refractivity contribution in [3.05, 3.63) is 28.5 Å². The van der Waals surface area contributed by atoms with E-state index in [9.17, 15) is 4.79 Å². The Bertz CT molecular complexity index is 427. The van der Waals surface area contributed by atoms with E-state index in [0.717, 1.165) is 36.7 Å². The van der Waals surface area contributed by atoms with E-state index in [-0.39, 0.29) is 5.91 Å². The van der Waals surface area contributed by atoms with Crippen LogP contribution in [0.1, 0.15) is 36.2 Å². The minimum absolute atomic E-state index is 0.0274. The maximum atomic E-state index is 12.4. The van der Waals surface area contributed by atoms with E-state index in [1.807, 2.05) is 17.0 Å². The summed E-state index contributed by atoms with van der Waals surface area (Å²) in [6, 6.07) is 3.99. The summed E-state index contributed by atoms with van der Waals surface area (Å²) in [5, 5.41) is 0. The van der Waals surface area contributed by atoms with Crippen molar-refractivity contribution in [3.63, 3.8) is 0 Å². The van der Waals surface area contributed by atoms with E-state index in [2.05, 4.69) is 20.9 Å². The van der Waals surface area contributed by atoms with Crippen LogP contribution in [0.2, 0.25) is 0 Å². The molecule has 1 aliphatic rings. The third-order valence-corrected chi connectivity index (χ3v) is 4.18. The predicted molar refractivity (Wildman–Crippen MR) is 75.9 cm³/mol. The first-order chi connectivity index (χ1) is 8.74. The summed E-state index contributed by atoms with van der Waals surface area (Å²) in [5.74, 6) is 0.686. The van der Waals surface area contributed by atoms with Crippen molar-refractivity contribution in [3.8, 4) is 0 Å². The quantitative estimate of drug-likeness (QED) is 0.792. The van der Waals surface area contributed by atoms with Gasteiger partial charge in [0.25, 0.3) is 5.91 Å². The molecule has 0 aliphatic carbocycles. The number of alkyl halides is 1. The average molecular weight is 332 g/mol. The molecule has 5 heteroatoms. The van der Waals surface area contributed by atoms with Crippen LogP contribution in [0.5, 0.6) is 0 Å². The van der Waals surface area contributed by atoms with Crippen LogP contribution in [0, 0.1) is 0 Å². The number of pyridine rings is 1. The molecular weight excluding hydrogens is 316 g/mol. The molecule has 1 aromatic rings. The molecule has 1 fully saturated rings. The van der Waals surface area contributed by atoms with Gasteiger partial charge in [-0.15, -0.1) is 11.6 Å². The Hall–Kier alpha value is -0.610. The van der Waals surface area contributed by atoms with Gasteiger partial charge in [0, 0.05) is 29.1 Å². The van der Waals surface area contributed by atoms with Gasteiger partial charge in [-0.1, -0.05) is 0 Å². The normalized spacial score (nSPS) is 19.2. The number of halogens is 2. The third kappa shape index (κ3) is 3.04. The van der Waals surface area contributed by atoms with Gasteiger partial charge in [0.1, 0.15) is 5.69 Å². The summed E-state index contributed by atoms with van der Waals surface area (Å²) in [6.45, 7) is 0.828. The maximum absolute atomic E-state index is 12.4. The lowest BCUT2D eigenvalue weighted by molar-refractivity contribution is 0.0723. The minimum Gasteiger partial charge on any atom is -0.334 e. The Morgan fingerprint density at radius 2 is 2.44 bits per heavy atom. The monoisotopic (exact) mass is 330 g/mol. The Morgan fingerprint density at radius 3 is 3.17 bits per heavy atom. The number of aromatic nitrogens is 1. The van der Waals surface area contributed by atoms with Crippen molar-refractivity contribution in [2.75, 3.05) is 12.4 Å². The van der Waals surface area contributed by atoms with Gasteiger partial charge < -0.3 is 4.90 Å². The van der Waals surface area contributed by atoms with Crippen LogP contribution in [0.4, 0.5) is 0 Å². The molecule has 1 amide bonds. The number of carbonyl (C=O) groups excluding carboxylic acids is 1. The topological polar surface area (TPSA) is 33.2 Å². The fourth-order valence-electron chi connectivity index (χ4n) is 2.40. The molecule has 1 aliphatic heterocycles. The third-order valence-electron chi connectivity index (χ3n) is 3.27. The fraction of sp³-hybridized carbons (Fsp3) is 0.538. The van der Waals surface area contributed by atoms with Gasteiger partial charge in [-0.05, 0) is 53.7 Å². The molecule has 0 N–H and O–H groups in total. The number of carbonyl (C=O) groups is 1. The van der Waals surface area contributed by atoms with E-state index < -0.39 is 0 Å². The molecule has 18 heavy (non-hydrogen) atoms. The van der Waals surface area contributed by atoms with E-state index >= 15 is 0 Å². The summed E-state index contributed by atoms with van der Waals surface area (Å²) < 4.78 is 0.762. The zero-order valence-corrected chi connectivity index (χ0v) is 12.5. The molecule has 2 heterocycles. The molecule has 0 radical (unpaired) electrons. The second kappa shape index (κ2) is 6.53. The number of nitrogens with zero attached hydrogens (tertiary/aromatic N) is 2. The van der Waals surface area contributed by atoms with Gasteiger partial charge >= 0.3 is 0 Å². The number of hydrogen-bond acceptors (Lipinski definition) is 2. The molecule has 0 aromatic carbocycles. The molecule has 98 valence electrons. The van der Waals surface area contributed by atoms with Crippen LogP contribution < -0.4 is 0 Å². The summed E-state index contributed by atoms with van der Waals surface area (Å²) in [6.07, 6.45) is 5.75.